The van der Waals surface area contributed by atoms with E-state index in [0.29, 0.717) is 6.07 Å². The van der Waals surface area contributed by atoms with Crippen molar-refractivity contribution in [2.75, 3.05) is 0 Å². The summed E-state index contributed by atoms with van der Waals surface area (Å²) in [7, 11) is 0. The summed E-state index contributed by atoms with van der Waals surface area (Å²) in [6, 6.07) is 3.60. The SMILES string of the molecule is Cc1cc(C(=O)c2c(C)nn(-c3c(F)c(F)c(C#N)c(F)c3F)c2O)cc(C(F)(F)F)c1C#N.[Cu]. The topological polar surface area (TPSA) is 103 Å². The van der Waals surface area contributed by atoms with Gasteiger partial charge in [-0.05, 0) is 31.5 Å². The predicted molar refractivity (Wildman–Crippen MR) is 98.8 cm³/mol. The maximum Gasteiger partial charge on any atom is 0.417 e. The molecule has 3 aromatic rings. The molecule has 3 rings (SSSR count). The number of rotatable bonds is 3. The van der Waals surface area contributed by atoms with Crippen LogP contribution in [0, 0.1) is 59.8 Å². The van der Waals surface area contributed by atoms with Crippen LogP contribution in [-0.2, 0) is 23.2 Å². The van der Waals surface area contributed by atoms with E-state index in [4.69, 9.17) is 10.5 Å². The van der Waals surface area contributed by atoms with Crippen LogP contribution in [0.1, 0.15) is 43.9 Å². The molecule has 0 amide bonds. The van der Waals surface area contributed by atoms with E-state index in [1.54, 1.807) is 0 Å². The summed E-state index contributed by atoms with van der Waals surface area (Å²) in [5.41, 5.74) is -7.50. The van der Waals surface area contributed by atoms with Gasteiger partial charge in [-0.2, -0.15) is 33.5 Å². The minimum absolute atomic E-state index is 0. The first-order valence-corrected chi connectivity index (χ1v) is 8.97. The van der Waals surface area contributed by atoms with Crippen molar-refractivity contribution in [3.8, 4) is 23.7 Å². The van der Waals surface area contributed by atoms with Crippen molar-refractivity contribution < 1.29 is 57.7 Å². The monoisotopic (exact) mass is 545 g/mol. The van der Waals surface area contributed by atoms with E-state index in [0.717, 1.165) is 26.0 Å². The van der Waals surface area contributed by atoms with Gasteiger partial charge in [-0.3, -0.25) is 4.79 Å². The van der Waals surface area contributed by atoms with Crippen LogP contribution in [0.2, 0.25) is 0 Å². The Kier molecular flexibility index (Phi) is 7.36. The van der Waals surface area contributed by atoms with Crippen LogP contribution in [0.5, 0.6) is 5.88 Å². The Bertz CT molecular complexity index is 1440. The van der Waals surface area contributed by atoms with Crippen LogP contribution >= 0.6 is 0 Å². The van der Waals surface area contributed by atoms with Crippen molar-refractivity contribution in [1.82, 2.24) is 9.78 Å². The molecule has 0 fully saturated rings. The number of ketones is 1. The second-order valence-corrected chi connectivity index (χ2v) is 6.94. The molecule has 0 bridgehead atoms. The summed E-state index contributed by atoms with van der Waals surface area (Å²) >= 11 is 0. The fraction of sp³-hybridized carbons (Fsp3) is 0.143. The van der Waals surface area contributed by atoms with Crippen molar-refractivity contribution >= 4 is 5.78 Å². The first-order chi connectivity index (χ1) is 15.8. The van der Waals surface area contributed by atoms with Crippen LogP contribution in [0.4, 0.5) is 30.7 Å². The Morgan fingerprint density at radius 3 is 1.94 bits per heavy atom. The van der Waals surface area contributed by atoms with Gasteiger partial charge in [0.1, 0.15) is 29.0 Å². The molecule has 1 aromatic heterocycles. The number of aryl methyl sites for hydroxylation is 2. The molecule has 14 heteroatoms. The van der Waals surface area contributed by atoms with Crippen molar-refractivity contribution in [2.45, 2.75) is 20.0 Å². The molecule has 0 spiro atoms. The van der Waals surface area contributed by atoms with Crippen molar-refractivity contribution in [3.63, 3.8) is 0 Å². The second kappa shape index (κ2) is 9.41. The number of benzene rings is 2. The summed E-state index contributed by atoms with van der Waals surface area (Å²) in [4.78, 5) is 12.9. The Balaban J connectivity index is 0.00000432. The molecule has 0 aliphatic rings. The van der Waals surface area contributed by atoms with Gasteiger partial charge in [-0.15, -0.1) is 0 Å². The molecule has 0 aliphatic heterocycles. The maximum absolute atomic E-state index is 14.4. The van der Waals surface area contributed by atoms with E-state index in [2.05, 4.69) is 5.10 Å². The third kappa shape index (κ3) is 4.34. The van der Waals surface area contributed by atoms with E-state index < -0.39 is 80.3 Å². The van der Waals surface area contributed by atoms with Crippen LogP contribution in [0.3, 0.4) is 0 Å². The van der Waals surface area contributed by atoms with Gasteiger partial charge in [-0.1, -0.05) is 0 Å². The molecule has 1 radical (unpaired) electrons. The van der Waals surface area contributed by atoms with Crippen LogP contribution in [0.15, 0.2) is 12.1 Å². The van der Waals surface area contributed by atoms with Gasteiger partial charge in [0, 0.05) is 22.6 Å². The number of halogens is 7. The normalized spacial score (nSPS) is 10.9. The average Bonchev–Trinajstić information content (AvgIpc) is 3.04. The smallest absolute Gasteiger partial charge is 0.417 e. The quantitative estimate of drug-likeness (QED) is 0.222. The van der Waals surface area contributed by atoms with E-state index in [1.165, 1.54) is 6.07 Å². The molecule has 1 N–H and O–H groups in total. The standard InChI is InChI=1S/C21H9F7N4O2.Cu/c1-7-3-9(4-12(10(7)5-29)21(26,27)28)19(33)13-8(2)31-32(20(13)34)18-16(24)14(22)11(6-30)15(23)17(18)25;/h3-4,34H,1-2H3;. The third-order valence-corrected chi connectivity index (χ3v) is 4.84. The molecule has 35 heavy (non-hydrogen) atoms. The minimum Gasteiger partial charge on any atom is -0.493 e. The largest absolute Gasteiger partial charge is 0.493 e. The fourth-order valence-electron chi connectivity index (χ4n) is 3.28. The zero-order valence-corrected chi connectivity index (χ0v) is 18.2. The summed E-state index contributed by atoms with van der Waals surface area (Å²) in [5, 5.41) is 31.6. The van der Waals surface area contributed by atoms with Gasteiger partial charge in [-0.25, -0.2) is 17.6 Å². The van der Waals surface area contributed by atoms with Gasteiger partial charge in [0.15, 0.2) is 29.1 Å². The van der Waals surface area contributed by atoms with Crippen LogP contribution in [-0.4, -0.2) is 20.7 Å². The van der Waals surface area contributed by atoms with Gasteiger partial charge in [0.25, 0.3) is 0 Å². The first-order valence-electron chi connectivity index (χ1n) is 8.97. The average molecular weight is 546 g/mol. The zero-order valence-electron chi connectivity index (χ0n) is 17.2. The number of alkyl halides is 3. The van der Waals surface area contributed by atoms with E-state index in [-0.39, 0.29) is 27.3 Å². The van der Waals surface area contributed by atoms with Crippen molar-refractivity contribution in [3.05, 3.63) is 74.5 Å². The van der Waals surface area contributed by atoms with Gasteiger partial charge >= 0.3 is 6.18 Å². The zero-order chi connectivity index (χ0) is 25.7. The minimum atomic E-state index is -5.02. The number of hydrogen-bond donors (Lipinski definition) is 1. The fourth-order valence-corrected chi connectivity index (χ4v) is 3.28. The number of carbonyl (C=O) groups is 1. The summed E-state index contributed by atoms with van der Waals surface area (Å²) in [6.45, 7) is 2.17. The molecule has 6 nitrogen and oxygen atoms in total. The van der Waals surface area contributed by atoms with Gasteiger partial charge < -0.3 is 5.11 Å². The van der Waals surface area contributed by atoms with Crippen molar-refractivity contribution in [1.29, 1.82) is 10.5 Å². The summed E-state index contributed by atoms with van der Waals surface area (Å²) < 4.78 is 96.8. The first kappa shape index (κ1) is 27.4. The maximum atomic E-state index is 14.4. The predicted octanol–water partition coefficient (Wildman–Crippen LogP) is 4.74. The molecule has 0 aliphatic carbocycles. The number of nitriles is 2. The van der Waals surface area contributed by atoms with E-state index >= 15 is 0 Å². The summed E-state index contributed by atoms with van der Waals surface area (Å²) in [6.07, 6.45) is -5.02. The molecule has 1 heterocycles. The van der Waals surface area contributed by atoms with Crippen LogP contribution < -0.4 is 0 Å². The third-order valence-electron chi connectivity index (χ3n) is 4.84. The molecule has 0 saturated carbocycles. The number of carbonyl (C=O) groups excluding carboxylic acids is 1. The molecule has 2 aromatic carbocycles. The number of aromatic hydroxyl groups is 1. The Labute approximate surface area is 202 Å². The molecule has 0 unspecified atom stereocenters. The Hall–Kier alpha value is -3.87. The van der Waals surface area contributed by atoms with Crippen LogP contribution in [0.25, 0.3) is 5.69 Å². The molecular weight excluding hydrogens is 537 g/mol. The second-order valence-electron chi connectivity index (χ2n) is 6.94. The van der Waals surface area contributed by atoms with E-state index in [9.17, 15) is 40.6 Å². The number of nitrogens with zero attached hydrogens (tertiary/aromatic N) is 4. The Morgan fingerprint density at radius 2 is 1.49 bits per heavy atom. The molecule has 0 saturated heterocycles. The molecule has 185 valence electrons. The number of hydrogen-bond acceptors (Lipinski definition) is 5. The van der Waals surface area contributed by atoms with Crippen molar-refractivity contribution in [2.24, 2.45) is 0 Å². The molecular formula is C21H9CuF7N4O2. The van der Waals surface area contributed by atoms with Gasteiger partial charge in [0.2, 0.25) is 5.88 Å². The molecule has 0 atom stereocenters. The van der Waals surface area contributed by atoms with E-state index in [1.807, 2.05) is 0 Å². The summed E-state index contributed by atoms with van der Waals surface area (Å²) in [5.74, 6) is -11.0. The Morgan fingerprint density at radius 1 is 0.971 bits per heavy atom. The van der Waals surface area contributed by atoms with Gasteiger partial charge in [0.05, 0.1) is 16.8 Å². The number of aromatic nitrogens is 2.